The van der Waals surface area contributed by atoms with E-state index in [4.69, 9.17) is 0 Å². The van der Waals surface area contributed by atoms with Crippen molar-refractivity contribution in [2.45, 2.75) is 161 Å². The van der Waals surface area contributed by atoms with Gasteiger partial charge in [0.2, 0.25) is 0 Å². The zero-order valence-corrected chi connectivity index (χ0v) is 45.8. The summed E-state index contributed by atoms with van der Waals surface area (Å²) in [5.41, 5.74) is 22.0. The van der Waals surface area contributed by atoms with E-state index in [0.29, 0.717) is 0 Å². The first-order valence-electron chi connectivity index (χ1n) is 21.4. The summed E-state index contributed by atoms with van der Waals surface area (Å²) in [4.78, 5) is 0. The Morgan fingerprint density at radius 1 is 0.227 bits per heavy atom. The third-order valence-electron chi connectivity index (χ3n) is 10.9. The van der Waals surface area contributed by atoms with Gasteiger partial charge in [0.15, 0.2) is 0 Å². The molecule has 0 spiro atoms. The quantitative estimate of drug-likeness (QED) is 0.133. The monoisotopic (exact) mass is 1060 g/mol. The van der Waals surface area contributed by atoms with Crippen molar-refractivity contribution in [3.8, 4) is 0 Å². The Hall–Kier alpha value is -4.51. The van der Waals surface area contributed by atoms with Crippen LogP contribution in [-0.2, 0) is 21.1 Å². The molecule has 0 radical (unpaired) electrons. The fourth-order valence-corrected chi connectivity index (χ4v) is 5.56. The van der Waals surface area contributed by atoms with Crippen molar-refractivity contribution in [3.05, 3.63) is 237 Å². The van der Waals surface area contributed by atoms with E-state index < -0.39 is 0 Å². The van der Waals surface area contributed by atoms with Crippen LogP contribution >= 0.6 is 0 Å². The van der Waals surface area contributed by atoms with Crippen LogP contribution in [0.4, 0.5) is 0 Å². The van der Waals surface area contributed by atoms with Gasteiger partial charge in [-0.3, -0.25) is 0 Å². The molecular formula is C65H100W. The Kier molecular flexibility index (Phi) is 46.8. The molecule has 7 rings (SSSR count). The number of benzene rings is 7. The van der Waals surface area contributed by atoms with Crippen molar-refractivity contribution in [1.82, 2.24) is 0 Å². The molecule has 0 unspecified atom stereocenters. The number of aryl methyl sites for hydroxylation is 16. The van der Waals surface area contributed by atoms with E-state index in [1.165, 1.54) is 106 Å². The molecule has 0 aliphatic rings. The molecule has 0 aromatic heterocycles. The normalized spacial score (nSPS) is 8.58. The number of fused-ring (bicyclic) bond motifs is 1. The third-order valence-corrected chi connectivity index (χ3v) is 10.9. The van der Waals surface area contributed by atoms with Crippen LogP contribution in [0.3, 0.4) is 0 Å². The molecular weight excluding hydrogens is 965 g/mol. The summed E-state index contributed by atoms with van der Waals surface area (Å²) in [6.45, 7) is 38.5. The van der Waals surface area contributed by atoms with Crippen LogP contribution in [0.1, 0.15) is 139 Å². The standard InChI is InChI=1S/C14H16.C10H14.4C8H10.C3H8.4CH4.2CH3.W/c1-9-5-13-7-11(3)12(4)8-14(13)6-10(9)2;1-7-5-9(3)10(4)6-8(7)2;4*1-7-5-3-4-6-8(7)2;1-3-2;;;;;;;/h5-8H,1-4H3;5-6H,1-4H3;4*3-6H,1-2H3;3H2,1-2H3;4*1H4;2*1H3;/q;;;;;;;;;;;2*-1;+2. The molecule has 7 aromatic carbocycles. The van der Waals surface area contributed by atoms with Crippen LogP contribution in [-0.4, -0.2) is 0 Å². The van der Waals surface area contributed by atoms with E-state index in [0.717, 1.165) is 0 Å². The van der Waals surface area contributed by atoms with Gasteiger partial charge in [0.05, 0.1) is 0 Å². The van der Waals surface area contributed by atoms with Crippen LogP contribution in [0.25, 0.3) is 10.8 Å². The molecule has 7 aromatic rings. The third kappa shape index (κ3) is 29.2. The Morgan fingerprint density at radius 2 is 0.333 bits per heavy atom. The van der Waals surface area contributed by atoms with Gasteiger partial charge in [-0.25, -0.2) is 0 Å². The topological polar surface area (TPSA) is 0 Å². The van der Waals surface area contributed by atoms with Crippen molar-refractivity contribution >= 4 is 10.8 Å². The van der Waals surface area contributed by atoms with Crippen molar-refractivity contribution < 1.29 is 21.1 Å². The van der Waals surface area contributed by atoms with Gasteiger partial charge in [-0.15, -0.1) is 0 Å². The molecule has 0 N–H and O–H groups in total. The van der Waals surface area contributed by atoms with Crippen molar-refractivity contribution in [1.29, 1.82) is 0 Å². The van der Waals surface area contributed by atoms with E-state index in [9.17, 15) is 0 Å². The predicted molar refractivity (Wildman–Crippen MR) is 308 cm³/mol. The molecule has 0 saturated heterocycles. The molecule has 0 atom stereocenters. The van der Waals surface area contributed by atoms with Crippen LogP contribution in [0.5, 0.6) is 0 Å². The fourth-order valence-electron chi connectivity index (χ4n) is 5.56. The van der Waals surface area contributed by atoms with E-state index in [2.05, 4.69) is 258 Å². The molecule has 0 heterocycles. The maximum Gasteiger partial charge on any atom is 2.00 e. The number of rotatable bonds is 0. The molecule has 0 nitrogen and oxygen atoms in total. The first kappa shape index (κ1) is 75.8. The average Bonchev–Trinajstić information content (AvgIpc) is 3.19. The summed E-state index contributed by atoms with van der Waals surface area (Å²) in [6, 6.07) is 47.0. The molecule has 0 amide bonds. The van der Waals surface area contributed by atoms with Crippen molar-refractivity contribution in [2.75, 3.05) is 0 Å². The Bertz CT molecular complexity index is 1890. The Labute approximate surface area is 427 Å². The Morgan fingerprint density at radius 3 is 0.439 bits per heavy atom. The average molecular weight is 1070 g/mol. The van der Waals surface area contributed by atoms with Crippen LogP contribution < -0.4 is 0 Å². The van der Waals surface area contributed by atoms with Gasteiger partial charge in [-0.05, 0) is 211 Å². The summed E-state index contributed by atoms with van der Waals surface area (Å²) in [5, 5.41) is 2.72. The Balaban J connectivity index is -0.000000124. The molecule has 366 valence electrons. The fraction of sp³-hybridized carbons (Fsp3) is 0.354. The first-order chi connectivity index (χ1) is 27.8. The summed E-state index contributed by atoms with van der Waals surface area (Å²) >= 11 is 0. The smallest absolute Gasteiger partial charge is 0.358 e. The van der Waals surface area contributed by atoms with Gasteiger partial charge >= 0.3 is 21.1 Å². The molecule has 66 heavy (non-hydrogen) atoms. The molecule has 0 aliphatic heterocycles. The van der Waals surface area contributed by atoms with Crippen LogP contribution in [0.15, 0.2) is 133 Å². The molecule has 0 bridgehead atoms. The zero-order chi connectivity index (χ0) is 44.7. The van der Waals surface area contributed by atoms with Gasteiger partial charge in [0.1, 0.15) is 0 Å². The SMILES string of the molecule is C.C.C.C.CCC.Cc1cc(C)c(C)cc1C.Cc1cc2cc(C)c(C)cc2cc1C.Cc1ccccc1C.Cc1ccccc1C.Cc1ccccc1C.Cc1ccccc1C.[CH3-].[CH3-].[W+2]. The number of hydrogen-bond acceptors (Lipinski definition) is 0. The second-order valence-electron chi connectivity index (χ2n) is 16.3. The van der Waals surface area contributed by atoms with Crippen LogP contribution in [0.2, 0.25) is 0 Å². The van der Waals surface area contributed by atoms with E-state index in [1.54, 1.807) is 0 Å². The minimum absolute atomic E-state index is 0. The first-order valence-corrected chi connectivity index (χ1v) is 21.4. The molecule has 0 aliphatic carbocycles. The summed E-state index contributed by atoms with van der Waals surface area (Å²) in [6.07, 6.45) is 1.25. The van der Waals surface area contributed by atoms with Crippen molar-refractivity contribution in [2.24, 2.45) is 0 Å². The van der Waals surface area contributed by atoms with E-state index >= 15 is 0 Å². The largest absolute Gasteiger partial charge is 2.00 e. The van der Waals surface area contributed by atoms with Crippen molar-refractivity contribution in [3.63, 3.8) is 0 Å². The molecule has 1 heteroatoms. The second-order valence-corrected chi connectivity index (χ2v) is 16.3. The summed E-state index contributed by atoms with van der Waals surface area (Å²) in [5.74, 6) is 0. The minimum atomic E-state index is 0. The maximum absolute atomic E-state index is 2.27. The van der Waals surface area contributed by atoms with Gasteiger partial charge in [0.25, 0.3) is 0 Å². The molecule has 0 fully saturated rings. The molecule has 0 saturated carbocycles. The summed E-state index contributed by atoms with van der Waals surface area (Å²) in [7, 11) is 0. The van der Waals surface area contributed by atoms with E-state index in [1.807, 2.05) is 0 Å². The maximum atomic E-state index is 2.27. The number of hydrogen-bond donors (Lipinski definition) is 0. The van der Waals surface area contributed by atoms with Crippen LogP contribution in [0, 0.1) is 126 Å². The van der Waals surface area contributed by atoms with Gasteiger partial charge in [-0.1, -0.05) is 183 Å². The van der Waals surface area contributed by atoms with Gasteiger partial charge in [-0.2, -0.15) is 0 Å². The van der Waals surface area contributed by atoms with E-state index in [-0.39, 0.29) is 65.6 Å². The minimum Gasteiger partial charge on any atom is -0.358 e. The van der Waals surface area contributed by atoms with Gasteiger partial charge < -0.3 is 14.9 Å². The summed E-state index contributed by atoms with van der Waals surface area (Å²) < 4.78 is 0. The van der Waals surface area contributed by atoms with Gasteiger partial charge in [0, 0.05) is 0 Å². The predicted octanol–water partition coefficient (Wildman–Crippen LogP) is 21.1. The second kappa shape index (κ2) is 40.7. The zero-order valence-electron chi connectivity index (χ0n) is 42.8.